The van der Waals surface area contributed by atoms with Gasteiger partial charge in [-0.1, -0.05) is 89.0 Å². The molecule has 0 amide bonds. The zero-order valence-electron chi connectivity index (χ0n) is 11.9. The fourth-order valence-electron chi connectivity index (χ4n) is 1.25. The molecule has 2 aromatic rings. The maximum Gasteiger partial charge on any atom is 0.150 e. The molecule has 3 nitrogen and oxygen atoms in total. The van der Waals surface area contributed by atoms with E-state index in [1.807, 2.05) is 48.5 Å². The maximum atomic E-state index is 10.0. The zero-order chi connectivity index (χ0) is 15.8. The van der Waals surface area contributed by atoms with Gasteiger partial charge in [-0.25, -0.2) is 0 Å². The molecule has 24 heavy (non-hydrogen) atoms. The molecule has 0 aromatic heterocycles. The van der Waals surface area contributed by atoms with Gasteiger partial charge in [0.15, 0.2) is 0 Å². The van der Waals surface area contributed by atoms with E-state index in [9.17, 15) is 9.59 Å². The van der Waals surface area contributed by atoms with E-state index in [1.165, 1.54) is 13.0 Å². The second-order valence-electron chi connectivity index (χ2n) is 3.67. The molecule has 0 aliphatic carbocycles. The highest BCUT2D eigenvalue weighted by atomic mass is 16.1. The molecule has 3 heteroatoms. The van der Waals surface area contributed by atoms with E-state index in [4.69, 9.17) is 4.79 Å². The van der Waals surface area contributed by atoms with Crippen molar-refractivity contribution in [3.63, 3.8) is 0 Å². The third-order valence-corrected chi connectivity index (χ3v) is 2.10. The summed E-state index contributed by atoms with van der Waals surface area (Å²) >= 11 is 0. The van der Waals surface area contributed by atoms with Crippen LogP contribution < -0.4 is 0 Å². The Hall–Kier alpha value is -2.81. The Balaban J connectivity index is -0.000000131. The number of benzene rings is 2. The van der Waals surface area contributed by atoms with Crippen LogP contribution in [0, 0.1) is 0 Å². The largest absolute Gasteiger partial charge is 0.304 e. The highest BCUT2D eigenvalue weighted by Crippen LogP contribution is 1.99. The van der Waals surface area contributed by atoms with Crippen LogP contribution in [0.25, 0.3) is 6.08 Å². The highest BCUT2D eigenvalue weighted by Gasteiger charge is 1.80. The molecule has 0 heterocycles. The van der Waals surface area contributed by atoms with E-state index in [-0.39, 0.29) is 22.3 Å². The number of aldehydes is 3. The Kier molecular flexibility index (Phi) is 27.4. The molecule has 0 aliphatic heterocycles. The van der Waals surface area contributed by atoms with E-state index >= 15 is 0 Å². The van der Waals surface area contributed by atoms with E-state index in [1.54, 1.807) is 18.2 Å². The molecule has 132 valence electrons. The predicted octanol–water partition coefficient (Wildman–Crippen LogP) is 5.51. The number of allylic oxidation sites excluding steroid dienone is 1. The van der Waals surface area contributed by atoms with Gasteiger partial charge in [-0.05, 0) is 18.6 Å². The van der Waals surface area contributed by atoms with Gasteiger partial charge in [0, 0.05) is 5.56 Å². The lowest BCUT2D eigenvalue weighted by Crippen LogP contribution is -1.73. The van der Waals surface area contributed by atoms with E-state index in [0.29, 0.717) is 0 Å². The number of hydrogen-bond donors (Lipinski definition) is 0. The van der Waals surface area contributed by atoms with Gasteiger partial charge in [-0.2, -0.15) is 0 Å². The average molecular weight is 330 g/mol. The first-order chi connectivity index (χ1) is 10.3. The summed E-state index contributed by atoms with van der Waals surface area (Å²) in [7, 11) is 0. The second-order valence-corrected chi connectivity index (χ2v) is 3.67. The summed E-state index contributed by atoms with van der Waals surface area (Å²) in [5.41, 5.74) is 1.78. The molecule has 0 unspecified atom stereocenters. The average Bonchev–Trinajstić information content (AvgIpc) is 2.56. The molecular weight excluding hydrogens is 300 g/mol. The molecule has 0 N–H and O–H groups in total. The minimum atomic E-state index is 0. The third-order valence-electron chi connectivity index (χ3n) is 2.10. The summed E-state index contributed by atoms with van der Waals surface area (Å²) < 4.78 is 0. The lowest BCUT2D eigenvalue weighted by molar-refractivity contribution is -0.106. The summed E-state index contributed by atoms with van der Waals surface area (Å²) in [6.45, 7) is 1.44. The van der Waals surface area contributed by atoms with Gasteiger partial charge in [0.2, 0.25) is 0 Å². The first-order valence-corrected chi connectivity index (χ1v) is 6.35. The lowest BCUT2D eigenvalue weighted by atomic mass is 10.2. The SMILES string of the molecule is C.C.C.CC=O.O=C/C=C\c1ccccc1.O=Cc1ccccc1. The monoisotopic (exact) mass is 330 g/mol. The Morgan fingerprint density at radius 1 is 0.667 bits per heavy atom. The quantitative estimate of drug-likeness (QED) is 0.550. The van der Waals surface area contributed by atoms with Crippen LogP contribution in [-0.2, 0) is 9.59 Å². The standard InChI is InChI=1S/C9H8O.C7H6O.C2H4O.3CH4/c10-8-4-7-9-5-2-1-3-6-9;8-6-7-4-2-1-3-5-7;1-2-3;;;/h1-8H;1-6H;2H,1H3;3*1H4/b7-4-;;;;;. The molecule has 2 rings (SSSR count). The zero-order valence-corrected chi connectivity index (χ0v) is 11.9. The van der Waals surface area contributed by atoms with Crippen LogP contribution in [0.15, 0.2) is 66.7 Å². The van der Waals surface area contributed by atoms with E-state index < -0.39 is 0 Å². The molecular formula is C21H30O3. The van der Waals surface area contributed by atoms with Gasteiger partial charge in [0.05, 0.1) is 0 Å². The van der Waals surface area contributed by atoms with Crippen molar-refractivity contribution in [1.29, 1.82) is 0 Å². The topological polar surface area (TPSA) is 51.2 Å². The van der Waals surface area contributed by atoms with Gasteiger partial charge in [-0.3, -0.25) is 9.59 Å². The van der Waals surface area contributed by atoms with Crippen LogP contribution in [-0.4, -0.2) is 18.9 Å². The van der Waals surface area contributed by atoms with Crippen molar-refractivity contribution >= 4 is 24.9 Å². The van der Waals surface area contributed by atoms with Gasteiger partial charge >= 0.3 is 0 Å². The molecule has 0 saturated carbocycles. The highest BCUT2D eigenvalue weighted by molar-refractivity contribution is 5.74. The molecule has 0 spiro atoms. The first-order valence-electron chi connectivity index (χ1n) is 6.35. The predicted molar refractivity (Wildman–Crippen MR) is 105 cm³/mol. The molecule has 0 atom stereocenters. The van der Waals surface area contributed by atoms with Crippen LogP contribution >= 0.6 is 0 Å². The van der Waals surface area contributed by atoms with E-state index in [0.717, 1.165) is 30.0 Å². The number of hydrogen-bond acceptors (Lipinski definition) is 3. The van der Waals surface area contributed by atoms with Gasteiger partial charge in [0.25, 0.3) is 0 Å². The van der Waals surface area contributed by atoms with Gasteiger partial charge in [0.1, 0.15) is 18.9 Å². The lowest BCUT2D eigenvalue weighted by Gasteiger charge is -1.86. The van der Waals surface area contributed by atoms with Crippen LogP contribution in [0.1, 0.15) is 45.1 Å². The van der Waals surface area contributed by atoms with Crippen molar-refractivity contribution in [2.24, 2.45) is 0 Å². The summed E-state index contributed by atoms with van der Waals surface area (Å²) in [5.74, 6) is 0. The Morgan fingerprint density at radius 2 is 1.04 bits per heavy atom. The normalized spacial score (nSPS) is 7.54. The van der Waals surface area contributed by atoms with Crippen LogP contribution in [0.5, 0.6) is 0 Å². The second kappa shape index (κ2) is 22.5. The fourth-order valence-corrected chi connectivity index (χ4v) is 1.25. The third kappa shape index (κ3) is 17.2. The van der Waals surface area contributed by atoms with Crippen LogP contribution in [0.2, 0.25) is 0 Å². The van der Waals surface area contributed by atoms with Gasteiger partial charge < -0.3 is 4.79 Å². The summed E-state index contributed by atoms with van der Waals surface area (Å²) in [6.07, 6.45) is 5.61. The maximum absolute atomic E-state index is 10.0. The smallest absolute Gasteiger partial charge is 0.150 e. The minimum Gasteiger partial charge on any atom is -0.304 e. The first kappa shape index (κ1) is 29.2. The molecule has 0 bridgehead atoms. The summed E-state index contributed by atoms with van der Waals surface area (Å²) in [5, 5.41) is 0. The Morgan fingerprint density at radius 3 is 1.33 bits per heavy atom. The van der Waals surface area contributed by atoms with Crippen molar-refractivity contribution in [3.8, 4) is 0 Å². The Labute approximate surface area is 147 Å². The molecule has 0 aliphatic rings. The van der Waals surface area contributed by atoms with Crippen molar-refractivity contribution in [2.45, 2.75) is 29.2 Å². The number of carbonyl (C=O) groups is 3. The molecule has 2 aromatic carbocycles. The van der Waals surface area contributed by atoms with Crippen molar-refractivity contribution in [2.75, 3.05) is 0 Å². The fraction of sp³-hybridized carbons (Fsp3) is 0.190. The molecule has 0 radical (unpaired) electrons. The summed E-state index contributed by atoms with van der Waals surface area (Å²) in [4.78, 5) is 28.7. The van der Waals surface area contributed by atoms with Crippen LogP contribution in [0.4, 0.5) is 0 Å². The summed E-state index contributed by atoms with van der Waals surface area (Å²) in [6, 6.07) is 18.8. The molecule has 0 saturated heterocycles. The van der Waals surface area contributed by atoms with Crippen molar-refractivity contribution in [1.82, 2.24) is 0 Å². The van der Waals surface area contributed by atoms with E-state index in [2.05, 4.69) is 0 Å². The molecule has 0 fully saturated rings. The Bertz CT molecular complexity index is 532. The minimum absolute atomic E-state index is 0. The number of carbonyl (C=O) groups excluding carboxylic acids is 3. The van der Waals surface area contributed by atoms with Crippen molar-refractivity contribution < 1.29 is 14.4 Å². The van der Waals surface area contributed by atoms with Gasteiger partial charge in [-0.15, -0.1) is 0 Å². The van der Waals surface area contributed by atoms with Crippen LogP contribution in [0.3, 0.4) is 0 Å². The number of rotatable bonds is 3. The van der Waals surface area contributed by atoms with Crippen molar-refractivity contribution in [3.05, 3.63) is 77.9 Å².